The molecule has 9 heteroatoms. The summed E-state index contributed by atoms with van der Waals surface area (Å²) in [6.45, 7) is 0. The lowest BCUT2D eigenvalue weighted by molar-refractivity contribution is 0.0698. The normalized spacial score (nSPS) is 11.2. The number of rotatable bonds is 4. The minimum Gasteiger partial charge on any atom is -0.477 e. The van der Waals surface area contributed by atoms with Gasteiger partial charge >= 0.3 is 5.97 Å². The molecule has 134 valence electrons. The summed E-state index contributed by atoms with van der Waals surface area (Å²) in [6, 6.07) is 9.34. The number of hydrogen-bond donors (Lipinski definition) is 1. The maximum atomic E-state index is 13.0. The maximum absolute atomic E-state index is 13.0. The number of carbonyl (C=O) groups is 1. The second-order valence-corrected chi connectivity index (χ2v) is 5.59. The van der Waals surface area contributed by atoms with Crippen LogP contribution in [0.15, 0.2) is 55.0 Å². The van der Waals surface area contributed by atoms with E-state index in [1.807, 2.05) is 0 Å². The molecule has 7 nitrogen and oxygen atoms in total. The Labute approximate surface area is 151 Å². The predicted molar refractivity (Wildman–Crippen MR) is 91.4 cm³/mol. The molecular formula is C18H11F2N5O2. The third-order valence-corrected chi connectivity index (χ3v) is 3.92. The molecule has 4 aromatic rings. The van der Waals surface area contributed by atoms with Crippen molar-refractivity contribution in [1.29, 1.82) is 0 Å². The molecule has 4 aromatic heterocycles. The molecular weight excluding hydrogens is 356 g/mol. The Morgan fingerprint density at radius 1 is 1.07 bits per heavy atom. The summed E-state index contributed by atoms with van der Waals surface area (Å²) in [5.74, 6) is -1.15. The molecule has 0 radical (unpaired) electrons. The van der Waals surface area contributed by atoms with E-state index in [0.717, 1.165) is 0 Å². The Morgan fingerprint density at radius 2 is 1.93 bits per heavy atom. The number of nitrogens with zero attached hydrogens (tertiary/aromatic N) is 5. The zero-order valence-electron chi connectivity index (χ0n) is 13.6. The molecule has 0 bridgehead atoms. The average Bonchev–Trinajstić information content (AvgIpc) is 3.11. The number of halogens is 2. The second kappa shape index (κ2) is 6.52. The Hall–Kier alpha value is -3.75. The van der Waals surface area contributed by atoms with Crippen molar-refractivity contribution in [1.82, 2.24) is 24.6 Å². The molecule has 0 aliphatic heterocycles. The summed E-state index contributed by atoms with van der Waals surface area (Å²) >= 11 is 0. The highest BCUT2D eigenvalue weighted by atomic mass is 19.3. The standard InChI is InChI=1S/C18H11F2N5O2/c19-16(20)14-5-1-4-13(23-14)15-10(3-2-7-21-15)12-6-8-25-17(24-12)11(9-22-25)18(26)27/h1-9,16H,(H,26,27). The highest BCUT2D eigenvalue weighted by molar-refractivity contribution is 5.94. The van der Waals surface area contributed by atoms with Gasteiger partial charge in [-0.25, -0.2) is 28.1 Å². The van der Waals surface area contributed by atoms with Crippen LogP contribution in [-0.4, -0.2) is 35.6 Å². The molecule has 0 amide bonds. The van der Waals surface area contributed by atoms with E-state index in [9.17, 15) is 18.7 Å². The van der Waals surface area contributed by atoms with E-state index in [1.54, 1.807) is 30.5 Å². The lowest BCUT2D eigenvalue weighted by atomic mass is 10.1. The topological polar surface area (TPSA) is 93.3 Å². The third kappa shape index (κ3) is 2.99. The van der Waals surface area contributed by atoms with Gasteiger partial charge < -0.3 is 5.11 Å². The van der Waals surface area contributed by atoms with Crippen LogP contribution < -0.4 is 0 Å². The minimum atomic E-state index is -2.70. The third-order valence-electron chi connectivity index (χ3n) is 3.92. The Morgan fingerprint density at radius 3 is 2.70 bits per heavy atom. The molecule has 0 spiro atoms. The lowest BCUT2D eigenvalue weighted by Gasteiger charge is -2.09. The highest BCUT2D eigenvalue weighted by Crippen LogP contribution is 2.29. The second-order valence-electron chi connectivity index (χ2n) is 5.59. The van der Waals surface area contributed by atoms with Crippen molar-refractivity contribution in [2.75, 3.05) is 0 Å². The van der Waals surface area contributed by atoms with Crippen LogP contribution in [0.3, 0.4) is 0 Å². The minimum absolute atomic E-state index is 0.0416. The Bertz CT molecular complexity index is 1160. The molecule has 0 saturated heterocycles. The quantitative estimate of drug-likeness (QED) is 0.593. The van der Waals surface area contributed by atoms with E-state index in [4.69, 9.17) is 0 Å². The first-order chi connectivity index (χ1) is 13.0. The average molecular weight is 367 g/mol. The largest absolute Gasteiger partial charge is 0.477 e. The number of alkyl halides is 2. The van der Waals surface area contributed by atoms with Gasteiger partial charge in [0.05, 0.1) is 23.3 Å². The van der Waals surface area contributed by atoms with E-state index in [2.05, 4.69) is 20.1 Å². The molecule has 0 aromatic carbocycles. The summed E-state index contributed by atoms with van der Waals surface area (Å²) in [6.07, 6.45) is 1.61. The molecule has 1 N–H and O–H groups in total. The van der Waals surface area contributed by atoms with Crippen molar-refractivity contribution >= 4 is 11.6 Å². The summed E-state index contributed by atoms with van der Waals surface area (Å²) in [4.78, 5) is 23.9. The molecule has 0 atom stereocenters. The van der Waals surface area contributed by atoms with Crippen molar-refractivity contribution in [2.45, 2.75) is 6.43 Å². The Kier molecular flexibility index (Phi) is 4.03. The number of pyridine rings is 2. The molecule has 0 fully saturated rings. The lowest BCUT2D eigenvalue weighted by Crippen LogP contribution is -2.00. The first-order valence-corrected chi connectivity index (χ1v) is 7.83. The number of aromatic nitrogens is 5. The first-order valence-electron chi connectivity index (χ1n) is 7.83. The van der Waals surface area contributed by atoms with Crippen LogP contribution in [0.1, 0.15) is 22.5 Å². The number of fused-ring (bicyclic) bond motifs is 1. The molecule has 0 unspecified atom stereocenters. The SMILES string of the molecule is O=C(O)c1cnn2ccc(-c3cccnc3-c3cccc(C(F)F)n3)nc12. The van der Waals surface area contributed by atoms with Gasteiger partial charge in [-0.3, -0.25) is 4.98 Å². The monoisotopic (exact) mass is 367 g/mol. The fraction of sp³-hybridized carbons (Fsp3) is 0.0556. The number of carboxylic acids is 1. The number of hydrogen-bond acceptors (Lipinski definition) is 5. The maximum Gasteiger partial charge on any atom is 0.341 e. The van der Waals surface area contributed by atoms with Crippen LogP contribution in [0.4, 0.5) is 8.78 Å². The zero-order chi connectivity index (χ0) is 19.0. The Balaban J connectivity index is 1.89. The molecule has 0 aliphatic rings. The summed E-state index contributed by atoms with van der Waals surface area (Å²) in [5.41, 5.74) is 1.39. The van der Waals surface area contributed by atoms with Crippen LogP contribution in [0.5, 0.6) is 0 Å². The molecule has 4 heterocycles. The van der Waals surface area contributed by atoms with E-state index in [-0.39, 0.29) is 22.6 Å². The molecule has 27 heavy (non-hydrogen) atoms. The van der Waals surface area contributed by atoms with E-state index < -0.39 is 12.4 Å². The van der Waals surface area contributed by atoms with E-state index >= 15 is 0 Å². The van der Waals surface area contributed by atoms with Gasteiger partial charge in [0.2, 0.25) is 0 Å². The summed E-state index contributed by atoms with van der Waals surface area (Å²) < 4.78 is 27.3. The number of carboxylic acid groups (broad SMARTS) is 1. The molecule has 4 rings (SSSR count). The van der Waals surface area contributed by atoms with Gasteiger partial charge in [0, 0.05) is 18.0 Å². The molecule has 0 aliphatic carbocycles. The van der Waals surface area contributed by atoms with Crippen LogP contribution >= 0.6 is 0 Å². The van der Waals surface area contributed by atoms with Gasteiger partial charge in [-0.15, -0.1) is 0 Å². The van der Waals surface area contributed by atoms with E-state index in [0.29, 0.717) is 17.0 Å². The summed E-state index contributed by atoms with van der Waals surface area (Å²) in [5, 5.41) is 13.2. The van der Waals surface area contributed by atoms with Crippen molar-refractivity contribution in [3.63, 3.8) is 0 Å². The smallest absolute Gasteiger partial charge is 0.341 e. The van der Waals surface area contributed by atoms with Crippen molar-refractivity contribution < 1.29 is 18.7 Å². The highest BCUT2D eigenvalue weighted by Gasteiger charge is 2.17. The zero-order valence-corrected chi connectivity index (χ0v) is 13.6. The van der Waals surface area contributed by atoms with Crippen molar-refractivity contribution in [3.8, 4) is 22.6 Å². The van der Waals surface area contributed by atoms with Gasteiger partial charge in [0.25, 0.3) is 6.43 Å². The van der Waals surface area contributed by atoms with Crippen molar-refractivity contribution in [2.24, 2.45) is 0 Å². The number of aromatic carboxylic acids is 1. The van der Waals surface area contributed by atoms with Crippen LogP contribution in [0.2, 0.25) is 0 Å². The van der Waals surface area contributed by atoms with Crippen LogP contribution in [0, 0.1) is 0 Å². The fourth-order valence-electron chi connectivity index (χ4n) is 2.69. The van der Waals surface area contributed by atoms with Gasteiger partial charge in [0.1, 0.15) is 11.3 Å². The summed E-state index contributed by atoms with van der Waals surface area (Å²) in [7, 11) is 0. The first kappa shape index (κ1) is 16.7. The van der Waals surface area contributed by atoms with Crippen LogP contribution in [-0.2, 0) is 0 Å². The predicted octanol–water partition coefficient (Wildman–Crippen LogP) is 3.49. The van der Waals surface area contributed by atoms with Gasteiger partial charge in [0.15, 0.2) is 5.65 Å². The van der Waals surface area contributed by atoms with Gasteiger partial charge in [-0.1, -0.05) is 6.07 Å². The fourth-order valence-corrected chi connectivity index (χ4v) is 2.69. The van der Waals surface area contributed by atoms with Gasteiger partial charge in [-0.05, 0) is 30.3 Å². The van der Waals surface area contributed by atoms with Crippen LogP contribution in [0.25, 0.3) is 28.3 Å². The van der Waals surface area contributed by atoms with E-state index in [1.165, 1.54) is 29.0 Å². The van der Waals surface area contributed by atoms with Gasteiger partial charge in [-0.2, -0.15) is 5.10 Å². The van der Waals surface area contributed by atoms with Crippen molar-refractivity contribution in [3.05, 3.63) is 66.2 Å². The molecule has 0 saturated carbocycles.